The van der Waals surface area contributed by atoms with Gasteiger partial charge in [-0.3, -0.25) is 57.5 Å². The molecule has 9 amide bonds. The number of carboxylic acid groups (broad SMARTS) is 3. The van der Waals surface area contributed by atoms with Gasteiger partial charge in [0.1, 0.15) is 36.3 Å². The molecule has 0 aliphatic heterocycles. The number of imidazole rings is 1. The van der Waals surface area contributed by atoms with Crippen LogP contribution in [0.25, 0.3) is 0 Å². The molecule has 66 heavy (non-hydrogen) atoms. The highest BCUT2D eigenvalue weighted by Crippen LogP contribution is 2.07. The highest BCUT2D eigenvalue weighted by Gasteiger charge is 2.33. The van der Waals surface area contributed by atoms with Crippen molar-refractivity contribution in [2.75, 3.05) is 19.7 Å². The third kappa shape index (κ3) is 20.0. The molecule has 0 aliphatic rings. The normalized spacial score (nSPS) is 13.9. The number of primary amides is 1. The number of hydrogen-bond acceptors (Lipinski definition) is 15. The number of nitrogens with two attached hydrogens (primary N) is 2. The van der Waals surface area contributed by atoms with E-state index in [1.54, 1.807) is 30.3 Å². The highest BCUT2D eigenvalue weighted by molar-refractivity contribution is 5.98. The van der Waals surface area contributed by atoms with E-state index >= 15 is 0 Å². The van der Waals surface area contributed by atoms with Crippen LogP contribution in [-0.4, -0.2) is 163 Å². The van der Waals surface area contributed by atoms with Gasteiger partial charge in [0, 0.05) is 31.2 Å². The predicted molar refractivity (Wildman–Crippen MR) is 221 cm³/mol. The number of benzene rings is 1. The van der Waals surface area contributed by atoms with Gasteiger partial charge in [0.25, 0.3) is 0 Å². The van der Waals surface area contributed by atoms with Gasteiger partial charge in [0.05, 0.1) is 44.9 Å². The summed E-state index contributed by atoms with van der Waals surface area (Å²) in [5, 5.41) is 55.2. The fourth-order valence-electron chi connectivity index (χ4n) is 5.61. The Morgan fingerprint density at radius 2 is 1.17 bits per heavy atom. The van der Waals surface area contributed by atoms with Crippen LogP contribution < -0.4 is 54.0 Å². The Hall–Kier alpha value is -8.01. The molecule has 0 saturated carbocycles. The first-order valence-corrected chi connectivity index (χ1v) is 19.8. The van der Waals surface area contributed by atoms with Crippen LogP contribution in [0.4, 0.5) is 0 Å². The zero-order valence-electron chi connectivity index (χ0n) is 35.2. The van der Waals surface area contributed by atoms with E-state index in [2.05, 4.69) is 47.2 Å². The Bertz CT molecular complexity index is 2070. The van der Waals surface area contributed by atoms with Crippen molar-refractivity contribution in [1.82, 2.24) is 52.5 Å². The summed E-state index contributed by atoms with van der Waals surface area (Å²) < 4.78 is 0. The van der Waals surface area contributed by atoms with E-state index in [1.165, 1.54) is 19.4 Å². The average Bonchev–Trinajstić information content (AvgIpc) is 3.77. The van der Waals surface area contributed by atoms with Gasteiger partial charge in [-0.1, -0.05) is 30.3 Å². The Labute approximate surface area is 374 Å². The summed E-state index contributed by atoms with van der Waals surface area (Å²) in [6.07, 6.45) is -0.985. The maximum Gasteiger partial charge on any atom is 0.305 e. The summed E-state index contributed by atoms with van der Waals surface area (Å²) in [6, 6.07) is -3.12. The molecule has 28 nitrogen and oxygen atoms in total. The van der Waals surface area contributed by atoms with Gasteiger partial charge in [-0.05, 0) is 18.9 Å². The molecule has 2 rings (SSSR count). The van der Waals surface area contributed by atoms with Crippen molar-refractivity contribution < 1.29 is 78.0 Å². The second-order valence-corrected chi connectivity index (χ2v) is 14.4. The molecule has 0 aliphatic carbocycles. The summed E-state index contributed by atoms with van der Waals surface area (Å²) in [7, 11) is 0. The van der Waals surface area contributed by atoms with E-state index in [4.69, 9.17) is 16.6 Å². The van der Waals surface area contributed by atoms with Crippen molar-refractivity contribution in [3.63, 3.8) is 0 Å². The minimum Gasteiger partial charge on any atom is -0.481 e. The van der Waals surface area contributed by atoms with E-state index in [1.807, 2.05) is 5.32 Å². The number of nitrogens with one attached hydrogen (secondary N) is 9. The molecular formula is C38H52N12O16. The molecule has 0 bridgehead atoms. The van der Waals surface area contributed by atoms with E-state index in [0.29, 0.717) is 5.56 Å². The molecular weight excluding hydrogens is 880 g/mol. The topological polar surface area (TPSA) is 463 Å². The third-order valence-corrected chi connectivity index (χ3v) is 9.00. The molecule has 1 heterocycles. The van der Waals surface area contributed by atoms with Crippen molar-refractivity contribution in [2.24, 2.45) is 11.5 Å². The van der Waals surface area contributed by atoms with Crippen molar-refractivity contribution in [3.05, 3.63) is 54.1 Å². The average molecular weight is 933 g/mol. The summed E-state index contributed by atoms with van der Waals surface area (Å²) in [5.41, 5.74) is 11.3. The zero-order valence-corrected chi connectivity index (χ0v) is 35.2. The van der Waals surface area contributed by atoms with Crippen molar-refractivity contribution in [2.45, 2.75) is 87.7 Å². The number of aromatic nitrogens is 2. The predicted octanol–water partition coefficient (Wildman–Crippen LogP) is -7.02. The van der Waals surface area contributed by atoms with Crippen molar-refractivity contribution in [1.29, 1.82) is 0 Å². The molecule has 360 valence electrons. The first-order chi connectivity index (χ1) is 31.1. The Balaban J connectivity index is 2.27. The van der Waals surface area contributed by atoms with Gasteiger partial charge >= 0.3 is 17.9 Å². The second-order valence-electron chi connectivity index (χ2n) is 14.4. The van der Waals surface area contributed by atoms with Crippen LogP contribution >= 0.6 is 0 Å². The number of rotatable bonds is 29. The minimum atomic E-state index is -1.90. The Morgan fingerprint density at radius 3 is 1.74 bits per heavy atom. The Kier molecular flexibility index (Phi) is 22.3. The fourth-order valence-corrected chi connectivity index (χ4v) is 5.61. The molecule has 1 aromatic heterocycles. The van der Waals surface area contributed by atoms with Crippen LogP contribution in [0.3, 0.4) is 0 Å². The number of carbonyl (C=O) groups is 12. The molecule has 0 spiro atoms. The van der Waals surface area contributed by atoms with Gasteiger partial charge in [-0.2, -0.15) is 0 Å². The lowest BCUT2D eigenvalue weighted by molar-refractivity contribution is -0.141. The first kappa shape index (κ1) is 54.1. The van der Waals surface area contributed by atoms with Crippen LogP contribution in [0.15, 0.2) is 42.9 Å². The molecule has 0 unspecified atom stereocenters. The van der Waals surface area contributed by atoms with Crippen molar-refractivity contribution in [3.8, 4) is 0 Å². The third-order valence-electron chi connectivity index (χ3n) is 9.00. The van der Waals surface area contributed by atoms with Gasteiger partial charge in [0.15, 0.2) is 0 Å². The lowest BCUT2D eigenvalue weighted by atomic mass is 10.0. The molecule has 2 aromatic rings. The zero-order chi connectivity index (χ0) is 49.5. The van der Waals surface area contributed by atoms with Crippen LogP contribution in [0.2, 0.25) is 0 Å². The molecule has 17 N–H and O–H groups in total. The summed E-state index contributed by atoms with van der Waals surface area (Å²) in [5.74, 6) is -13.8. The van der Waals surface area contributed by atoms with Crippen LogP contribution in [-0.2, 0) is 70.4 Å². The van der Waals surface area contributed by atoms with Gasteiger partial charge in [-0.15, -0.1) is 0 Å². The summed E-state index contributed by atoms with van der Waals surface area (Å²) in [4.78, 5) is 156. The maximum atomic E-state index is 13.7. The molecule has 0 saturated heterocycles. The molecule has 28 heteroatoms. The van der Waals surface area contributed by atoms with E-state index in [0.717, 1.165) is 0 Å². The molecule has 7 atom stereocenters. The Morgan fingerprint density at radius 1 is 0.621 bits per heavy atom. The van der Waals surface area contributed by atoms with E-state index in [9.17, 15) is 72.9 Å². The van der Waals surface area contributed by atoms with Gasteiger partial charge in [0.2, 0.25) is 53.2 Å². The van der Waals surface area contributed by atoms with Crippen molar-refractivity contribution >= 4 is 71.1 Å². The number of aromatic amines is 1. The quantitative estimate of drug-likeness (QED) is 0.0360. The second kappa shape index (κ2) is 27.2. The number of H-pyrrole nitrogens is 1. The highest BCUT2D eigenvalue weighted by atomic mass is 16.4. The number of hydrogen-bond donors (Lipinski definition) is 15. The van der Waals surface area contributed by atoms with Crippen LogP contribution in [0.1, 0.15) is 43.9 Å². The standard InChI is InChI=1S/C38H52N12O16/c1-18(45-33(61)21(39)11-30(56)57)32(60)47-22(7-8-29(54)55)36(64)48-23(9-19-5-3-2-4-6-19)34(62)43-15-28(53)46-24(10-20-13-41-17-44-20)37(65)49-25(12-31(58)59)38(66)50-26(16-51)35(63)42-14-27(40)52/h2-6,13,17-18,21-26,51H,7-12,14-16,39H2,1H3,(H2,40,52)(H,41,44)(H,42,63)(H,43,62)(H,45,61)(H,46,53)(H,47,60)(H,48,64)(H,49,65)(H,50,66)(H,54,55)(H,56,57)(H,58,59)/t18-,21-,22-,23-,24-,25-,26-/m0/s1. The molecule has 0 radical (unpaired) electrons. The van der Waals surface area contributed by atoms with Crippen LogP contribution in [0.5, 0.6) is 0 Å². The smallest absolute Gasteiger partial charge is 0.305 e. The van der Waals surface area contributed by atoms with Gasteiger partial charge in [-0.25, -0.2) is 4.98 Å². The fraction of sp³-hybridized carbons (Fsp3) is 0.447. The van der Waals surface area contributed by atoms with Gasteiger partial charge < -0.3 is 79.4 Å². The number of carbonyl (C=O) groups excluding carboxylic acids is 9. The summed E-state index contributed by atoms with van der Waals surface area (Å²) >= 11 is 0. The largest absolute Gasteiger partial charge is 0.481 e. The number of nitrogens with zero attached hydrogens (tertiary/aromatic N) is 1. The van der Waals surface area contributed by atoms with E-state index < -0.39 is 159 Å². The first-order valence-electron chi connectivity index (χ1n) is 19.8. The number of aliphatic carboxylic acids is 3. The molecule has 1 aromatic carbocycles. The number of aliphatic hydroxyl groups is 1. The minimum absolute atomic E-state index is 0.213. The van der Waals surface area contributed by atoms with E-state index in [-0.39, 0.29) is 18.5 Å². The number of carboxylic acids is 3. The molecule has 0 fully saturated rings. The lowest BCUT2D eigenvalue weighted by Crippen LogP contribution is -2.59. The number of amides is 9. The van der Waals surface area contributed by atoms with Crippen LogP contribution in [0, 0.1) is 0 Å². The maximum absolute atomic E-state index is 13.7. The monoisotopic (exact) mass is 932 g/mol. The SMILES string of the molecule is C[C@H](NC(=O)[C@@H](N)CC(=O)O)C(=O)N[C@@H](CCC(=O)O)C(=O)N[C@@H](Cc1ccccc1)C(=O)NCC(=O)N[C@@H](Cc1cnc[nH]1)C(=O)N[C@@H](CC(=O)O)C(=O)N[C@@H](CO)C(=O)NCC(N)=O. The number of aliphatic hydroxyl groups excluding tert-OH is 1. The lowest BCUT2D eigenvalue weighted by Gasteiger charge is -2.25. The summed E-state index contributed by atoms with van der Waals surface area (Å²) in [6.45, 7) is -1.34.